The molecule has 0 radical (unpaired) electrons. The van der Waals surface area contributed by atoms with E-state index in [9.17, 15) is 4.79 Å². The summed E-state index contributed by atoms with van der Waals surface area (Å²) in [6.07, 6.45) is 3.87. The Kier molecular flexibility index (Phi) is 4.50. The van der Waals surface area contributed by atoms with Crippen molar-refractivity contribution in [2.45, 2.75) is 5.22 Å². The molecule has 0 aliphatic heterocycles. The van der Waals surface area contributed by atoms with Crippen LogP contribution in [-0.4, -0.2) is 26.0 Å². The highest BCUT2D eigenvalue weighted by atomic mass is 32.2. The van der Waals surface area contributed by atoms with E-state index in [2.05, 4.69) is 10.3 Å². The van der Waals surface area contributed by atoms with Crippen LogP contribution in [0.3, 0.4) is 0 Å². The van der Waals surface area contributed by atoms with Crippen LogP contribution in [0.2, 0.25) is 0 Å². The van der Waals surface area contributed by atoms with Gasteiger partial charge in [0.15, 0.2) is 11.2 Å². The lowest BCUT2D eigenvalue weighted by atomic mass is 10.2. The number of hydrogen-bond acceptors (Lipinski definition) is 5. The number of para-hydroxylation sites is 2. The maximum absolute atomic E-state index is 12.5. The number of oxazole rings is 1. The van der Waals surface area contributed by atoms with Gasteiger partial charge in [0.2, 0.25) is 5.91 Å². The third-order valence-electron chi connectivity index (χ3n) is 4.43. The normalized spacial score (nSPS) is 11.2. The van der Waals surface area contributed by atoms with Crippen molar-refractivity contribution >= 4 is 40.1 Å². The van der Waals surface area contributed by atoms with Crippen LogP contribution in [-0.2, 0) is 4.79 Å². The van der Waals surface area contributed by atoms with Crippen molar-refractivity contribution < 1.29 is 9.21 Å². The molecule has 1 N–H and O–H groups in total. The molecule has 0 aliphatic carbocycles. The molecule has 0 unspecified atom stereocenters. The summed E-state index contributed by atoms with van der Waals surface area (Å²) in [7, 11) is 0. The second-order valence-corrected chi connectivity index (χ2v) is 7.36. The Morgan fingerprint density at radius 2 is 1.83 bits per heavy atom. The number of nitrogens with zero attached hydrogens (tertiary/aromatic N) is 3. The lowest BCUT2D eigenvalue weighted by Gasteiger charge is -2.05. The molecule has 0 fully saturated rings. The summed E-state index contributed by atoms with van der Waals surface area (Å²) >= 11 is 1.26. The summed E-state index contributed by atoms with van der Waals surface area (Å²) in [5.74, 6) is 0.0507. The van der Waals surface area contributed by atoms with Crippen molar-refractivity contribution in [3.05, 3.63) is 79.1 Å². The molecular weight excluding hydrogens is 384 g/mol. The highest BCUT2D eigenvalue weighted by Crippen LogP contribution is 2.25. The summed E-state index contributed by atoms with van der Waals surface area (Å²) < 4.78 is 7.56. The number of benzene rings is 2. The smallest absolute Gasteiger partial charge is 0.257 e. The minimum absolute atomic E-state index is 0.144. The van der Waals surface area contributed by atoms with Crippen molar-refractivity contribution in [3.63, 3.8) is 0 Å². The molecule has 3 aromatic heterocycles. The van der Waals surface area contributed by atoms with E-state index < -0.39 is 0 Å². The van der Waals surface area contributed by atoms with Gasteiger partial charge in [-0.1, -0.05) is 54.2 Å². The zero-order valence-electron chi connectivity index (χ0n) is 15.3. The largest absolute Gasteiger partial charge is 0.431 e. The average Bonchev–Trinajstić information content (AvgIpc) is 3.37. The number of thioether (sulfide) groups is 1. The Hall–Kier alpha value is -3.58. The first kappa shape index (κ1) is 17.5. The standard InChI is InChI=1S/C22H16N4O2S/c27-20(14-29-22-25-16-9-4-5-11-19(16)28-22)23-17-10-6-12-26-13-18(24-21(17)26)15-7-2-1-3-8-15/h1-13H,14H2,(H,23,27). The van der Waals surface area contributed by atoms with Gasteiger partial charge < -0.3 is 14.1 Å². The second-order valence-electron chi connectivity index (χ2n) is 6.43. The number of nitrogens with one attached hydrogen (secondary N) is 1. The van der Waals surface area contributed by atoms with Crippen LogP contribution in [0, 0.1) is 0 Å². The molecule has 2 aromatic carbocycles. The van der Waals surface area contributed by atoms with E-state index in [1.165, 1.54) is 11.8 Å². The van der Waals surface area contributed by atoms with Gasteiger partial charge in [-0.3, -0.25) is 4.79 Å². The molecule has 0 aliphatic rings. The van der Waals surface area contributed by atoms with Gasteiger partial charge in [-0.25, -0.2) is 9.97 Å². The van der Waals surface area contributed by atoms with E-state index in [1.807, 2.05) is 83.5 Å². The van der Waals surface area contributed by atoms with Crippen LogP contribution in [0.25, 0.3) is 28.0 Å². The van der Waals surface area contributed by atoms with Crippen molar-refractivity contribution in [2.75, 3.05) is 11.1 Å². The highest BCUT2D eigenvalue weighted by molar-refractivity contribution is 7.99. The van der Waals surface area contributed by atoms with Crippen LogP contribution in [0.4, 0.5) is 5.69 Å². The number of carbonyl (C=O) groups is 1. The number of fused-ring (bicyclic) bond motifs is 2. The molecular formula is C22H16N4O2S. The molecule has 0 saturated carbocycles. The minimum atomic E-state index is -0.144. The molecule has 142 valence electrons. The van der Waals surface area contributed by atoms with Crippen molar-refractivity contribution in [1.29, 1.82) is 0 Å². The number of hydrogen-bond donors (Lipinski definition) is 1. The number of carbonyl (C=O) groups excluding carboxylic acids is 1. The number of amides is 1. The number of anilines is 1. The lowest BCUT2D eigenvalue weighted by molar-refractivity contribution is -0.113. The Labute approximate surface area is 170 Å². The van der Waals surface area contributed by atoms with Crippen molar-refractivity contribution in [1.82, 2.24) is 14.4 Å². The topological polar surface area (TPSA) is 72.4 Å². The monoisotopic (exact) mass is 400 g/mol. The molecule has 5 rings (SSSR count). The fraction of sp³-hybridized carbons (Fsp3) is 0.0455. The molecule has 0 spiro atoms. The van der Waals surface area contributed by atoms with Crippen LogP contribution in [0.5, 0.6) is 0 Å². The number of aromatic nitrogens is 3. The lowest BCUT2D eigenvalue weighted by Crippen LogP contribution is -2.14. The molecule has 6 nitrogen and oxygen atoms in total. The first-order chi connectivity index (χ1) is 14.3. The third-order valence-corrected chi connectivity index (χ3v) is 5.26. The zero-order chi connectivity index (χ0) is 19.6. The maximum atomic E-state index is 12.5. The van der Waals surface area contributed by atoms with Gasteiger partial charge in [-0.05, 0) is 24.3 Å². The van der Waals surface area contributed by atoms with Crippen molar-refractivity contribution in [2.24, 2.45) is 0 Å². The summed E-state index contributed by atoms with van der Waals surface area (Å²) in [6.45, 7) is 0. The quantitative estimate of drug-likeness (QED) is 0.426. The van der Waals surface area contributed by atoms with E-state index >= 15 is 0 Å². The van der Waals surface area contributed by atoms with Crippen LogP contribution < -0.4 is 5.32 Å². The van der Waals surface area contributed by atoms with E-state index in [1.54, 1.807) is 0 Å². The van der Waals surface area contributed by atoms with Gasteiger partial charge in [-0.15, -0.1) is 0 Å². The Morgan fingerprint density at radius 3 is 2.69 bits per heavy atom. The fourth-order valence-corrected chi connectivity index (χ4v) is 3.72. The predicted molar refractivity (Wildman–Crippen MR) is 114 cm³/mol. The summed E-state index contributed by atoms with van der Waals surface area (Å²) in [4.78, 5) is 21.6. The zero-order valence-corrected chi connectivity index (χ0v) is 16.1. The molecule has 29 heavy (non-hydrogen) atoms. The first-order valence-electron chi connectivity index (χ1n) is 9.08. The summed E-state index contributed by atoms with van der Waals surface area (Å²) in [5, 5.41) is 3.42. The van der Waals surface area contributed by atoms with Gasteiger partial charge in [0.25, 0.3) is 5.22 Å². The average molecular weight is 400 g/mol. The number of pyridine rings is 1. The van der Waals surface area contributed by atoms with Gasteiger partial charge in [0, 0.05) is 18.0 Å². The molecule has 3 heterocycles. The van der Waals surface area contributed by atoms with E-state index in [0.717, 1.165) is 16.8 Å². The molecule has 0 atom stereocenters. The summed E-state index contributed by atoms with van der Waals surface area (Å²) in [6, 6.07) is 21.2. The molecule has 0 saturated heterocycles. The predicted octanol–water partition coefficient (Wildman–Crippen LogP) is 4.87. The van der Waals surface area contributed by atoms with E-state index in [0.29, 0.717) is 22.1 Å². The first-order valence-corrected chi connectivity index (χ1v) is 10.1. The summed E-state index contributed by atoms with van der Waals surface area (Å²) in [5.41, 5.74) is 4.74. The Balaban J connectivity index is 1.33. The molecule has 5 aromatic rings. The van der Waals surface area contributed by atoms with Crippen LogP contribution >= 0.6 is 11.8 Å². The van der Waals surface area contributed by atoms with Gasteiger partial charge >= 0.3 is 0 Å². The molecule has 1 amide bonds. The molecule has 7 heteroatoms. The van der Waals surface area contributed by atoms with E-state index in [4.69, 9.17) is 9.40 Å². The van der Waals surface area contributed by atoms with Crippen molar-refractivity contribution in [3.8, 4) is 11.3 Å². The van der Waals surface area contributed by atoms with Gasteiger partial charge in [0.05, 0.1) is 17.1 Å². The maximum Gasteiger partial charge on any atom is 0.257 e. The second kappa shape index (κ2) is 7.44. The Bertz CT molecular complexity index is 1280. The SMILES string of the molecule is O=C(CSc1nc2ccccc2o1)Nc1cccn2cc(-c3ccccc3)nc12. The van der Waals surface area contributed by atoms with E-state index in [-0.39, 0.29) is 11.7 Å². The highest BCUT2D eigenvalue weighted by Gasteiger charge is 2.12. The number of rotatable bonds is 5. The third kappa shape index (κ3) is 3.60. The number of imidazole rings is 1. The van der Waals surface area contributed by atoms with Gasteiger partial charge in [-0.2, -0.15) is 0 Å². The van der Waals surface area contributed by atoms with Gasteiger partial charge in [0.1, 0.15) is 5.52 Å². The van der Waals surface area contributed by atoms with Crippen LogP contribution in [0.15, 0.2) is 88.8 Å². The molecule has 0 bridgehead atoms. The fourth-order valence-electron chi connectivity index (χ4n) is 3.08. The minimum Gasteiger partial charge on any atom is -0.431 e. The van der Waals surface area contributed by atoms with Crippen LogP contribution in [0.1, 0.15) is 0 Å². The Morgan fingerprint density at radius 1 is 1.00 bits per heavy atom.